The van der Waals surface area contributed by atoms with Crippen LogP contribution in [0, 0.1) is 17.0 Å². The van der Waals surface area contributed by atoms with Crippen LogP contribution < -0.4 is 0 Å². The second-order valence-electron chi connectivity index (χ2n) is 4.66. The molecule has 0 unspecified atom stereocenters. The molecule has 1 aromatic heterocycles. The van der Waals surface area contributed by atoms with Gasteiger partial charge in [-0.1, -0.05) is 41.4 Å². The number of nitro benzene ring substituents is 1. The molecule has 110 valence electrons. The van der Waals surface area contributed by atoms with Gasteiger partial charge in [0, 0.05) is 17.7 Å². The predicted molar refractivity (Wildman–Crippen MR) is 81.0 cm³/mol. The average molecular weight is 316 g/mol. The third-order valence-electron chi connectivity index (χ3n) is 3.08. The maximum Gasteiger partial charge on any atom is 0.271 e. The van der Waals surface area contributed by atoms with Crippen LogP contribution in [0.25, 0.3) is 17.1 Å². The summed E-state index contributed by atoms with van der Waals surface area (Å²) in [7, 11) is 0. The molecule has 0 N–H and O–H groups in total. The predicted octanol–water partition coefficient (Wildman–Crippen LogP) is 3.20. The Labute approximate surface area is 130 Å². The highest BCUT2D eigenvalue weighted by Gasteiger charge is 2.13. The van der Waals surface area contributed by atoms with Gasteiger partial charge in [-0.05, 0) is 18.2 Å². The number of nitrogens with zero attached hydrogens (tertiary/aromatic N) is 5. The highest BCUT2D eigenvalue weighted by atomic mass is 35.5. The smallest absolute Gasteiger partial charge is 0.258 e. The molecule has 22 heavy (non-hydrogen) atoms. The molecule has 0 bridgehead atoms. The van der Waals surface area contributed by atoms with Gasteiger partial charge in [-0.3, -0.25) is 10.1 Å². The van der Waals surface area contributed by atoms with Gasteiger partial charge < -0.3 is 0 Å². The largest absolute Gasteiger partial charge is 0.271 e. The molecule has 0 amide bonds. The monoisotopic (exact) mass is 315 g/mol. The van der Waals surface area contributed by atoms with Crippen LogP contribution in [0.3, 0.4) is 0 Å². The number of nitro groups is 1. The summed E-state index contributed by atoms with van der Waals surface area (Å²) in [4.78, 5) is 11.5. The lowest BCUT2D eigenvalue weighted by atomic mass is 10.1. The number of hydrogen-bond acceptors (Lipinski definition) is 5. The van der Waals surface area contributed by atoms with Gasteiger partial charge in [-0.25, -0.2) is 0 Å². The Kier molecular flexibility index (Phi) is 3.56. The Morgan fingerprint density at radius 3 is 2.55 bits per heavy atom. The summed E-state index contributed by atoms with van der Waals surface area (Å²) < 4.78 is 0. The van der Waals surface area contributed by atoms with E-state index in [2.05, 4.69) is 15.4 Å². The highest BCUT2D eigenvalue weighted by Crippen LogP contribution is 2.25. The van der Waals surface area contributed by atoms with Crippen LogP contribution in [0.1, 0.15) is 5.56 Å². The Balaban J connectivity index is 1.97. The Bertz CT molecular complexity index is 845. The number of halogens is 1. The van der Waals surface area contributed by atoms with E-state index >= 15 is 0 Å². The first-order valence-corrected chi connectivity index (χ1v) is 6.74. The van der Waals surface area contributed by atoms with E-state index in [1.54, 1.807) is 0 Å². The Morgan fingerprint density at radius 2 is 1.91 bits per heavy atom. The molecule has 0 aliphatic heterocycles. The molecule has 1 heterocycles. The number of rotatable bonds is 3. The van der Waals surface area contributed by atoms with Crippen LogP contribution in [-0.2, 0) is 0 Å². The standard InChI is InChI=1S/C14H10ClN5O2/c1-9-2-4-10(5-3-9)14-16-18-19(17-14)13-7-6-11(20(21)22)8-12(13)15/h2-8H,1H3. The molecular weight excluding hydrogens is 306 g/mol. The summed E-state index contributed by atoms with van der Waals surface area (Å²) in [5, 5.41) is 23.1. The minimum atomic E-state index is -0.512. The molecular formula is C14H10ClN5O2. The highest BCUT2D eigenvalue weighted by molar-refractivity contribution is 6.32. The molecule has 0 fully saturated rings. The summed E-state index contributed by atoms with van der Waals surface area (Å²) in [6, 6.07) is 11.8. The second kappa shape index (κ2) is 5.53. The number of benzene rings is 2. The molecule has 2 aromatic carbocycles. The van der Waals surface area contributed by atoms with E-state index in [0.29, 0.717) is 11.5 Å². The van der Waals surface area contributed by atoms with Crippen molar-refractivity contribution in [3.05, 3.63) is 63.2 Å². The van der Waals surface area contributed by atoms with E-state index in [4.69, 9.17) is 11.6 Å². The SMILES string of the molecule is Cc1ccc(-c2nnn(-c3ccc([N+](=O)[O-])cc3Cl)n2)cc1. The zero-order valence-electron chi connectivity index (χ0n) is 11.5. The molecule has 0 aliphatic carbocycles. The first-order valence-electron chi connectivity index (χ1n) is 6.36. The number of aromatic nitrogens is 4. The fraction of sp³-hybridized carbons (Fsp3) is 0.0714. The molecule has 0 saturated heterocycles. The average Bonchev–Trinajstić information content (AvgIpc) is 2.97. The molecule has 3 aromatic rings. The van der Waals surface area contributed by atoms with Crippen molar-refractivity contribution in [3.63, 3.8) is 0 Å². The minimum absolute atomic E-state index is 0.0902. The fourth-order valence-electron chi connectivity index (χ4n) is 1.91. The van der Waals surface area contributed by atoms with Crippen LogP contribution in [0.15, 0.2) is 42.5 Å². The summed E-state index contributed by atoms with van der Waals surface area (Å²) in [5.41, 5.74) is 2.30. The second-order valence-corrected chi connectivity index (χ2v) is 5.07. The maximum atomic E-state index is 10.7. The van der Waals surface area contributed by atoms with Gasteiger partial charge >= 0.3 is 0 Å². The van der Waals surface area contributed by atoms with Crippen molar-refractivity contribution in [2.75, 3.05) is 0 Å². The molecule has 0 spiro atoms. The van der Waals surface area contributed by atoms with Gasteiger partial charge in [0.1, 0.15) is 5.69 Å². The van der Waals surface area contributed by atoms with Crippen LogP contribution in [0.2, 0.25) is 5.02 Å². The summed E-state index contributed by atoms with van der Waals surface area (Å²) in [6.07, 6.45) is 0. The molecule has 0 radical (unpaired) electrons. The van der Waals surface area contributed by atoms with E-state index < -0.39 is 4.92 Å². The molecule has 8 heteroatoms. The van der Waals surface area contributed by atoms with Crippen molar-refractivity contribution in [2.24, 2.45) is 0 Å². The van der Waals surface area contributed by atoms with Crippen molar-refractivity contribution in [1.29, 1.82) is 0 Å². The van der Waals surface area contributed by atoms with Gasteiger partial charge in [0.15, 0.2) is 0 Å². The van der Waals surface area contributed by atoms with Gasteiger partial charge in [0.25, 0.3) is 5.69 Å². The van der Waals surface area contributed by atoms with E-state index in [1.165, 1.54) is 23.0 Å². The lowest BCUT2D eigenvalue weighted by Gasteiger charge is -2.01. The van der Waals surface area contributed by atoms with Gasteiger partial charge in [-0.15, -0.1) is 15.0 Å². The number of hydrogen-bond donors (Lipinski definition) is 0. The maximum absolute atomic E-state index is 10.7. The van der Waals surface area contributed by atoms with Crippen molar-refractivity contribution in [1.82, 2.24) is 20.2 Å². The van der Waals surface area contributed by atoms with Crippen molar-refractivity contribution in [2.45, 2.75) is 6.92 Å². The van der Waals surface area contributed by atoms with E-state index in [1.807, 2.05) is 31.2 Å². The number of non-ortho nitro benzene ring substituents is 1. The molecule has 3 rings (SSSR count). The van der Waals surface area contributed by atoms with Crippen LogP contribution in [0.4, 0.5) is 5.69 Å². The third kappa shape index (κ3) is 2.66. The molecule has 7 nitrogen and oxygen atoms in total. The zero-order chi connectivity index (χ0) is 15.7. The van der Waals surface area contributed by atoms with Crippen LogP contribution >= 0.6 is 11.6 Å². The number of tetrazole rings is 1. The lowest BCUT2D eigenvalue weighted by molar-refractivity contribution is -0.384. The topological polar surface area (TPSA) is 86.7 Å². The summed E-state index contributed by atoms with van der Waals surface area (Å²) in [5.74, 6) is 0.453. The zero-order valence-corrected chi connectivity index (χ0v) is 12.2. The molecule has 0 aliphatic rings. The molecule has 0 atom stereocenters. The Morgan fingerprint density at radius 1 is 1.18 bits per heavy atom. The first-order chi connectivity index (χ1) is 10.5. The van der Waals surface area contributed by atoms with Crippen molar-refractivity contribution >= 4 is 17.3 Å². The van der Waals surface area contributed by atoms with E-state index in [0.717, 1.165) is 11.1 Å². The molecule has 0 saturated carbocycles. The van der Waals surface area contributed by atoms with Crippen LogP contribution in [-0.4, -0.2) is 25.1 Å². The van der Waals surface area contributed by atoms with Crippen molar-refractivity contribution in [3.8, 4) is 17.1 Å². The van der Waals surface area contributed by atoms with Crippen LogP contribution in [0.5, 0.6) is 0 Å². The fourth-order valence-corrected chi connectivity index (χ4v) is 2.16. The summed E-state index contributed by atoms with van der Waals surface area (Å²) >= 11 is 6.05. The van der Waals surface area contributed by atoms with E-state index in [-0.39, 0.29) is 10.7 Å². The quantitative estimate of drug-likeness (QED) is 0.547. The lowest BCUT2D eigenvalue weighted by Crippen LogP contribution is -2.00. The van der Waals surface area contributed by atoms with Gasteiger partial charge in [-0.2, -0.15) is 0 Å². The van der Waals surface area contributed by atoms with Crippen molar-refractivity contribution < 1.29 is 4.92 Å². The Hall–Kier alpha value is -2.80. The normalized spacial score (nSPS) is 10.6. The van der Waals surface area contributed by atoms with Gasteiger partial charge in [0.05, 0.1) is 9.95 Å². The van der Waals surface area contributed by atoms with Gasteiger partial charge in [0.2, 0.25) is 5.82 Å². The minimum Gasteiger partial charge on any atom is -0.258 e. The first kappa shape index (κ1) is 14.2. The number of aryl methyl sites for hydroxylation is 1. The third-order valence-corrected chi connectivity index (χ3v) is 3.38. The van der Waals surface area contributed by atoms with E-state index in [9.17, 15) is 10.1 Å². The summed E-state index contributed by atoms with van der Waals surface area (Å²) in [6.45, 7) is 1.99.